The third kappa shape index (κ3) is 5.21. The third-order valence-corrected chi connectivity index (χ3v) is 5.03. The van der Waals surface area contributed by atoms with Crippen molar-refractivity contribution in [2.24, 2.45) is 0 Å². The highest BCUT2D eigenvalue weighted by atomic mass is 32.2. The van der Waals surface area contributed by atoms with Crippen LogP contribution in [0.2, 0.25) is 0 Å². The summed E-state index contributed by atoms with van der Waals surface area (Å²) in [4.78, 5) is 12.0. The maximum absolute atomic E-state index is 12.2. The van der Waals surface area contributed by atoms with Gasteiger partial charge in [-0.2, -0.15) is 4.72 Å². The zero-order chi connectivity index (χ0) is 19.2. The first-order valence-corrected chi connectivity index (χ1v) is 9.27. The predicted molar refractivity (Wildman–Crippen MR) is 95.7 cm³/mol. The number of esters is 1. The van der Waals surface area contributed by atoms with Crippen LogP contribution in [0.1, 0.15) is 11.1 Å². The summed E-state index contributed by atoms with van der Waals surface area (Å²) in [6.07, 6.45) is 0. The molecule has 0 amide bonds. The maximum atomic E-state index is 12.2. The van der Waals surface area contributed by atoms with Crippen molar-refractivity contribution in [3.8, 4) is 11.5 Å². The Hall–Kier alpha value is -2.58. The van der Waals surface area contributed by atoms with Crippen LogP contribution in [0.15, 0.2) is 47.4 Å². The molecule has 0 aliphatic heterocycles. The summed E-state index contributed by atoms with van der Waals surface area (Å²) in [6.45, 7) is 1.32. The Labute approximate surface area is 152 Å². The Morgan fingerprint density at radius 3 is 2.35 bits per heavy atom. The van der Waals surface area contributed by atoms with Gasteiger partial charge >= 0.3 is 5.97 Å². The lowest BCUT2D eigenvalue weighted by Gasteiger charge is -2.11. The van der Waals surface area contributed by atoms with Gasteiger partial charge < -0.3 is 14.2 Å². The first kappa shape index (κ1) is 19.7. The van der Waals surface area contributed by atoms with Gasteiger partial charge in [0.25, 0.3) is 0 Å². The van der Waals surface area contributed by atoms with E-state index in [9.17, 15) is 13.2 Å². The van der Waals surface area contributed by atoms with Crippen LogP contribution in [-0.2, 0) is 26.2 Å². The molecule has 2 aromatic rings. The number of hydrogen-bond donors (Lipinski definition) is 1. The van der Waals surface area contributed by atoms with E-state index < -0.39 is 22.5 Å². The Balaban J connectivity index is 1.94. The molecule has 0 saturated carbocycles. The molecule has 0 saturated heterocycles. The number of hydrogen-bond acceptors (Lipinski definition) is 6. The molecular formula is C18H21NO6S. The van der Waals surface area contributed by atoms with Crippen molar-refractivity contribution in [1.82, 2.24) is 4.72 Å². The van der Waals surface area contributed by atoms with Gasteiger partial charge in [-0.1, -0.05) is 17.7 Å². The highest BCUT2D eigenvalue weighted by Gasteiger charge is 2.16. The number of sulfonamides is 1. The van der Waals surface area contributed by atoms with Gasteiger partial charge in [0.2, 0.25) is 10.0 Å². The zero-order valence-corrected chi connectivity index (χ0v) is 15.6. The number of ether oxygens (including phenoxy) is 3. The Morgan fingerprint density at radius 2 is 1.73 bits per heavy atom. The van der Waals surface area contributed by atoms with Gasteiger partial charge in [0.15, 0.2) is 0 Å². The van der Waals surface area contributed by atoms with E-state index in [4.69, 9.17) is 14.2 Å². The molecule has 0 radical (unpaired) electrons. The average Bonchev–Trinajstić information content (AvgIpc) is 2.64. The summed E-state index contributed by atoms with van der Waals surface area (Å²) in [5, 5.41) is 0. The second-order valence-electron chi connectivity index (χ2n) is 5.48. The molecule has 0 unspecified atom stereocenters. The molecule has 0 spiro atoms. The highest BCUT2D eigenvalue weighted by molar-refractivity contribution is 7.89. The second kappa shape index (κ2) is 8.68. The molecule has 1 N–H and O–H groups in total. The third-order valence-electron chi connectivity index (χ3n) is 3.61. The quantitative estimate of drug-likeness (QED) is 0.706. The van der Waals surface area contributed by atoms with Crippen molar-refractivity contribution in [3.05, 3.63) is 53.6 Å². The van der Waals surface area contributed by atoms with Crippen molar-refractivity contribution in [1.29, 1.82) is 0 Å². The zero-order valence-electron chi connectivity index (χ0n) is 14.8. The van der Waals surface area contributed by atoms with E-state index in [0.717, 1.165) is 5.56 Å². The first-order chi connectivity index (χ1) is 12.4. The van der Waals surface area contributed by atoms with Crippen molar-refractivity contribution in [3.63, 3.8) is 0 Å². The average molecular weight is 379 g/mol. The SMILES string of the molecule is COc1ccc(OC)c(COC(=O)CNS(=O)(=O)c2ccc(C)cc2)c1. The largest absolute Gasteiger partial charge is 0.497 e. The van der Waals surface area contributed by atoms with Gasteiger partial charge in [-0.15, -0.1) is 0 Å². The standard InChI is InChI=1S/C18H21NO6S/c1-13-4-7-16(8-5-13)26(21,22)19-11-18(20)25-12-14-10-15(23-2)6-9-17(14)24-3/h4-10,19H,11-12H2,1-3H3. The fourth-order valence-electron chi connectivity index (χ4n) is 2.16. The Bertz CT molecular complexity index is 862. The number of rotatable bonds is 8. The maximum Gasteiger partial charge on any atom is 0.321 e. The van der Waals surface area contributed by atoms with Crippen molar-refractivity contribution in [2.45, 2.75) is 18.4 Å². The van der Waals surface area contributed by atoms with Gasteiger partial charge in [0, 0.05) is 5.56 Å². The van der Waals surface area contributed by atoms with Crippen LogP contribution in [0.25, 0.3) is 0 Å². The molecule has 0 fully saturated rings. The van der Waals surface area contributed by atoms with Crippen LogP contribution in [-0.4, -0.2) is 35.2 Å². The van der Waals surface area contributed by atoms with Gasteiger partial charge in [0.1, 0.15) is 24.7 Å². The molecule has 0 bridgehead atoms. The van der Waals surface area contributed by atoms with Crippen LogP contribution in [0.5, 0.6) is 11.5 Å². The Kier molecular flexibility index (Phi) is 6.59. The number of nitrogens with one attached hydrogen (secondary N) is 1. The number of carbonyl (C=O) groups excluding carboxylic acids is 1. The van der Waals surface area contributed by atoms with Crippen LogP contribution >= 0.6 is 0 Å². The lowest BCUT2D eigenvalue weighted by molar-refractivity contribution is -0.143. The van der Waals surface area contributed by atoms with E-state index in [1.165, 1.54) is 26.4 Å². The van der Waals surface area contributed by atoms with Gasteiger partial charge in [-0.05, 0) is 37.3 Å². The number of benzene rings is 2. The minimum Gasteiger partial charge on any atom is -0.497 e. The van der Waals surface area contributed by atoms with Crippen molar-refractivity contribution in [2.75, 3.05) is 20.8 Å². The van der Waals surface area contributed by atoms with Crippen LogP contribution in [0, 0.1) is 6.92 Å². The van der Waals surface area contributed by atoms with Gasteiger partial charge in [0.05, 0.1) is 19.1 Å². The second-order valence-corrected chi connectivity index (χ2v) is 7.24. The fraction of sp³-hybridized carbons (Fsp3) is 0.278. The molecule has 140 valence electrons. The smallest absolute Gasteiger partial charge is 0.321 e. The summed E-state index contributed by atoms with van der Waals surface area (Å²) >= 11 is 0. The lowest BCUT2D eigenvalue weighted by Crippen LogP contribution is -2.30. The van der Waals surface area contributed by atoms with E-state index in [2.05, 4.69) is 4.72 Å². The van der Waals surface area contributed by atoms with E-state index in [-0.39, 0.29) is 11.5 Å². The fourth-order valence-corrected chi connectivity index (χ4v) is 3.13. The molecule has 2 rings (SSSR count). The molecule has 8 heteroatoms. The normalized spacial score (nSPS) is 11.0. The highest BCUT2D eigenvalue weighted by Crippen LogP contribution is 2.24. The summed E-state index contributed by atoms with van der Waals surface area (Å²) in [6, 6.07) is 11.4. The van der Waals surface area contributed by atoms with Crippen LogP contribution < -0.4 is 14.2 Å². The topological polar surface area (TPSA) is 90.9 Å². The number of carbonyl (C=O) groups is 1. The molecule has 26 heavy (non-hydrogen) atoms. The van der Waals surface area contributed by atoms with E-state index >= 15 is 0 Å². The predicted octanol–water partition coefficient (Wildman–Crippen LogP) is 2.03. The monoisotopic (exact) mass is 379 g/mol. The van der Waals surface area contributed by atoms with E-state index in [1.54, 1.807) is 30.3 Å². The molecule has 0 atom stereocenters. The van der Waals surface area contributed by atoms with E-state index in [0.29, 0.717) is 17.1 Å². The van der Waals surface area contributed by atoms with Crippen molar-refractivity contribution >= 4 is 16.0 Å². The molecule has 0 aliphatic carbocycles. The molecule has 0 heterocycles. The molecule has 2 aromatic carbocycles. The molecular weight excluding hydrogens is 358 g/mol. The van der Waals surface area contributed by atoms with Crippen LogP contribution in [0.3, 0.4) is 0 Å². The van der Waals surface area contributed by atoms with Gasteiger partial charge in [-0.25, -0.2) is 8.42 Å². The van der Waals surface area contributed by atoms with Crippen molar-refractivity contribution < 1.29 is 27.4 Å². The Morgan fingerprint density at radius 1 is 1.04 bits per heavy atom. The summed E-state index contributed by atoms with van der Waals surface area (Å²) in [7, 11) is -0.746. The number of methoxy groups -OCH3 is 2. The summed E-state index contributed by atoms with van der Waals surface area (Å²) in [5.41, 5.74) is 1.55. The first-order valence-electron chi connectivity index (χ1n) is 7.78. The molecule has 7 nitrogen and oxygen atoms in total. The van der Waals surface area contributed by atoms with Crippen LogP contribution in [0.4, 0.5) is 0 Å². The summed E-state index contributed by atoms with van der Waals surface area (Å²) in [5.74, 6) is 0.432. The summed E-state index contributed by atoms with van der Waals surface area (Å²) < 4.78 is 42.0. The molecule has 0 aliphatic rings. The van der Waals surface area contributed by atoms with E-state index in [1.807, 2.05) is 6.92 Å². The van der Waals surface area contributed by atoms with Gasteiger partial charge in [-0.3, -0.25) is 4.79 Å². The number of aryl methyl sites for hydroxylation is 1. The lowest BCUT2D eigenvalue weighted by atomic mass is 10.2. The molecule has 0 aromatic heterocycles. The minimum absolute atomic E-state index is 0.0640. The minimum atomic E-state index is -3.77.